The molecule has 0 spiro atoms. The smallest absolute Gasteiger partial charge is 0.405 e. The van der Waals surface area contributed by atoms with Crippen LogP contribution in [-0.4, -0.2) is 22.4 Å². The monoisotopic (exact) mass is 203 g/mol. The minimum absolute atomic E-state index is 0.403. The third-order valence-electron chi connectivity index (χ3n) is 2.90. The maximum Gasteiger partial charge on any atom is 0.405 e. The van der Waals surface area contributed by atoms with Crippen LogP contribution in [0.1, 0.15) is 41.5 Å². The molecule has 0 aliphatic heterocycles. The highest BCUT2D eigenvalue weighted by Gasteiger charge is 2.51. The molecule has 0 aliphatic rings. The summed E-state index contributed by atoms with van der Waals surface area (Å²) in [5, 5.41) is 9.99. The predicted octanol–water partition coefficient (Wildman–Crippen LogP) is 1.66. The Bertz CT molecular complexity index is 209. The molecule has 1 unspecified atom stereocenters. The lowest BCUT2D eigenvalue weighted by molar-refractivity contribution is -0.174. The molecule has 0 radical (unpaired) electrons. The summed E-state index contributed by atoms with van der Waals surface area (Å²) in [5.74, 6) is 0. The molecule has 1 atom stereocenters. The topological polar surface area (TPSA) is 72.5 Å². The van der Waals surface area contributed by atoms with Gasteiger partial charge in [0.25, 0.3) is 0 Å². The molecule has 0 aromatic rings. The Labute approximate surface area is 85.4 Å². The molecule has 0 heterocycles. The zero-order chi connectivity index (χ0) is 11.8. The van der Waals surface area contributed by atoms with Crippen LogP contribution in [0.2, 0.25) is 0 Å². The number of carbonyl (C=O) groups excluding carboxylic acids is 1. The molecule has 0 saturated heterocycles. The second-order valence-electron chi connectivity index (χ2n) is 5.26. The number of hydrogen-bond acceptors (Lipinski definition) is 3. The molecule has 0 rings (SSSR count). The molecule has 0 aliphatic carbocycles. The number of amides is 1. The van der Waals surface area contributed by atoms with Gasteiger partial charge in [0.2, 0.25) is 0 Å². The lowest BCUT2D eigenvalue weighted by Crippen LogP contribution is -2.59. The van der Waals surface area contributed by atoms with Gasteiger partial charge in [0.15, 0.2) is 0 Å². The first kappa shape index (κ1) is 13.2. The number of aliphatic hydroxyl groups is 1. The van der Waals surface area contributed by atoms with Crippen molar-refractivity contribution in [3.05, 3.63) is 0 Å². The molecule has 0 fully saturated rings. The van der Waals surface area contributed by atoms with Gasteiger partial charge in [-0.2, -0.15) is 0 Å². The maximum atomic E-state index is 10.8. The van der Waals surface area contributed by atoms with Crippen molar-refractivity contribution < 1.29 is 14.6 Å². The Kier molecular flexibility index (Phi) is 3.23. The van der Waals surface area contributed by atoms with E-state index in [0.29, 0.717) is 0 Å². The molecular formula is C10H21NO3. The van der Waals surface area contributed by atoms with Gasteiger partial charge in [-0.3, -0.25) is 0 Å². The lowest BCUT2D eigenvalue weighted by Gasteiger charge is -2.48. The van der Waals surface area contributed by atoms with Gasteiger partial charge in [0.05, 0.1) is 5.60 Å². The fraction of sp³-hybridized carbons (Fsp3) is 0.900. The van der Waals surface area contributed by atoms with Crippen molar-refractivity contribution in [2.24, 2.45) is 11.1 Å². The minimum atomic E-state index is -1.15. The standard InChI is InChI=1S/C10H21NO3/c1-8(2,3)10(6,9(4,5)13)14-7(11)12/h13H,1-6H3,(H2,11,12). The lowest BCUT2D eigenvalue weighted by atomic mass is 9.68. The third-order valence-corrected chi connectivity index (χ3v) is 2.90. The highest BCUT2D eigenvalue weighted by molar-refractivity contribution is 5.65. The van der Waals surface area contributed by atoms with Crippen molar-refractivity contribution in [3.8, 4) is 0 Å². The summed E-state index contributed by atoms with van der Waals surface area (Å²) in [6.45, 7) is 10.5. The number of hydrogen-bond donors (Lipinski definition) is 2. The van der Waals surface area contributed by atoms with Crippen LogP contribution in [-0.2, 0) is 4.74 Å². The number of nitrogens with two attached hydrogens (primary N) is 1. The molecule has 3 N–H and O–H groups in total. The average molecular weight is 203 g/mol. The number of rotatable bonds is 2. The molecule has 1 amide bonds. The Hall–Kier alpha value is -0.770. The fourth-order valence-corrected chi connectivity index (χ4v) is 1.40. The normalized spacial score (nSPS) is 17.4. The number of carbonyl (C=O) groups is 1. The minimum Gasteiger partial charge on any atom is -0.440 e. The highest BCUT2D eigenvalue weighted by Crippen LogP contribution is 2.41. The van der Waals surface area contributed by atoms with E-state index in [0.717, 1.165) is 0 Å². The summed E-state index contributed by atoms with van der Waals surface area (Å²) in [6, 6.07) is 0. The summed E-state index contributed by atoms with van der Waals surface area (Å²) in [4.78, 5) is 10.8. The van der Waals surface area contributed by atoms with Crippen LogP contribution in [0.5, 0.6) is 0 Å². The Morgan fingerprint density at radius 1 is 1.14 bits per heavy atom. The Morgan fingerprint density at radius 3 is 1.57 bits per heavy atom. The fourth-order valence-electron chi connectivity index (χ4n) is 1.40. The first-order valence-corrected chi connectivity index (χ1v) is 4.62. The Morgan fingerprint density at radius 2 is 1.50 bits per heavy atom. The van der Waals surface area contributed by atoms with Gasteiger partial charge in [-0.15, -0.1) is 0 Å². The molecule has 0 bridgehead atoms. The molecule has 0 aromatic carbocycles. The van der Waals surface area contributed by atoms with Crippen LogP contribution in [0.15, 0.2) is 0 Å². The van der Waals surface area contributed by atoms with Crippen molar-refractivity contribution in [1.29, 1.82) is 0 Å². The molecular weight excluding hydrogens is 182 g/mol. The van der Waals surface area contributed by atoms with Gasteiger partial charge in [-0.05, 0) is 20.8 Å². The van der Waals surface area contributed by atoms with E-state index in [2.05, 4.69) is 0 Å². The quantitative estimate of drug-likeness (QED) is 0.716. The molecule has 4 heteroatoms. The summed E-state index contributed by atoms with van der Waals surface area (Å²) >= 11 is 0. The average Bonchev–Trinajstić information content (AvgIpc) is 1.79. The van der Waals surface area contributed by atoms with Crippen LogP contribution in [0, 0.1) is 5.41 Å². The van der Waals surface area contributed by atoms with Gasteiger partial charge in [-0.1, -0.05) is 20.8 Å². The second kappa shape index (κ2) is 3.42. The van der Waals surface area contributed by atoms with E-state index in [1.165, 1.54) is 0 Å². The summed E-state index contributed by atoms with van der Waals surface area (Å²) in [5.41, 5.74) is 2.42. The predicted molar refractivity (Wildman–Crippen MR) is 54.8 cm³/mol. The van der Waals surface area contributed by atoms with Gasteiger partial charge in [0, 0.05) is 5.41 Å². The highest BCUT2D eigenvalue weighted by atomic mass is 16.6. The summed E-state index contributed by atoms with van der Waals surface area (Å²) in [7, 11) is 0. The summed E-state index contributed by atoms with van der Waals surface area (Å²) < 4.78 is 5.06. The molecule has 0 saturated carbocycles. The second-order valence-corrected chi connectivity index (χ2v) is 5.26. The first-order chi connectivity index (χ1) is 5.92. The van der Waals surface area contributed by atoms with Crippen molar-refractivity contribution in [2.75, 3.05) is 0 Å². The maximum absolute atomic E-state index is 10.8. The van der Waals surface area contributed by atoms with Crippen LogP contribution >= 0.6 is 0 Å². The summed E-state index contributed by atoms with van der Waals surface area (Å²) in [6.07, 6.45) is -0.871. The number of ether oxygens (including phenoxy) is 1. The largest absolute Gasteiger partial charge is 0.440 e. The zero-order valence-electron chi connectivity index (χ0n) is 9.84. The van der Waals surface area contributed by atoms with Gasteiger partial charge >= 0.3 is 6.09 Å². The van der Waals surface area contributed by atoms with E-state index in [9.17, 15) is 9.90 Å². The van der Waals surface area contributed by atoms with Crippen LogP contribution in [0.3, 0.4) is 0 Å². The van der Waals surface area contributed by atoms with E-state index in [1.807, 2.05) is 20.8 Å². The third kappa shape index (κ3) is 2.38. The molecule has 4 nitrogen and oxygen atoms in total. The molecule has 0 aromatic heterocycles. The van der Waals surface area contributed by atoms with Crippen molar-refractivity contribution >= 4 is 6.09 Å². The van der Waals surface area contributed by atoms with E-state index in [4.69, 9.17) is 10.5 Å². The molecule has 14 heavy (non-hydrogen) atoms. The van der Waals surface area contributed by atoms with Gasteiger partial charge < -0.3 is 15.6 Å². The van der Waals surface area contributed by atoms with Crippen LogP contribution in [0.25, 0.3) is 0 Å². The van der Waals surface area contributed by atoms with Crippen molar-refractivity contribution in [2.45, 2.75) is 52.7 Å². The zero-order valence-corrected chi connectivity index (χ0v) is 9.84. The SMILES string of the molecule is CC(C)(C)C(C)(OC(N)=O)C(C)(C)O. The first-order valence-electron chi connectivity index (χ1n) is 4.62. The van der Waals surface area contributed by atoms with Gasteiger partial charge in [0.1, 0.15) is 5.60 Å². The van der Waals surface area contributed by atoms with E-state index in [-0.39, 0.29) is 0 Å². The van der Waals surface area contributed by atoms with Crippen molar-refractivity contribution in [1.82, 2.24) is 0 Å². The number of primary amides is 1. The van der Waals surface area contributed by atoms with Gasteiger partial charge in [-0.25, -0.2) is 4.79 Å². The van der Waals surface area contributed by atoms with E-state index in [1.54, 1.807) is 20.8 Å². The molecule has 84 valence electrons. The Balaban J connectivity index is 5.18. The van der Waals surface area contributed by atoms with E-state index >= 15 is 0 Å². The van der Waals surface area contributed by atoms with E-state index < -0.39 is 22.7 Å². The van der Waals surface area contributed by atoms with Crippen molar-refractivity contribution in [3.63, 3.8) is 0 Å². The van der Waals surface area contributed by atoms with Crippen LogP contribution in [0.4, 0.5) is 4.79 Å². The van der Waals surface area contributed by atoms with Crippen LogP contribution < -0.4 is 5.73 Å².